The van der Waals surface area contributed by atoms with E-state index in [1.165, 1.54) is 10.9 Å². The lowest BCUT2D eigenvalue weighted by Crippen LogP contribution is -2.33. The number of rotatable bonds is 4. The number of aliphatic hydroxyl groups excluding tert-OH is 3. The molecule has 0 saturated carbocycles. The lowest BCUT2D eigenvalue weighted by molar-refractivity contribution is -0.0511. The lowest BCUT2D eigenvalue weighted by Gasteiger charge is -2.16. The molecule has 1 aliphatic heterocycles. The molecule has 11 heteroatoms. The molecule has 4 rings (SSSR count). The van der Waals surface area contributed by atoms with Crippen molar-refractivity contribution in [3.05, 3.63) is 52.6 Å². The van der Waals surface area contributed by atoms with E-state index in [0.29, 0.717) is 5.56 Å². The van der Waals surface area contributed by atoms with Gasteiger partial charge in [-0.1, -0.05) is 30.3 Å². The molecule has 152 valence electrons. The highest BCUT2D eigenvalue weighted by molar-refractivity contribution is 5.86. The maximum atomic E-state index is 12.8. The maximum absolute atomic E-state index is 12.8. The second-order valence-corrected chi connectivity index (χ2v) is 6.72. The van der Waals surface area contributed by atoms with E-state index in [1.807, 2.05) is 6.07 Å². The summed E-state index contributed by atoms with van der Waals surface area (Å²) in [6.45, 7) is -0.502. The molecule has 4 atom stereocenters. The molecule has 2 aromatic heterocycles. The number of benzene rings is 1. The summed E-state index contributed by atoms with van der Waals surface area (Å²) in [5.41, 5.74) is 5.69. The van der Waals surface area contributed by atoms with Crippen molar-refractivity contribution in [1.29, 1.82) is 0 Å². The largest absolute Gasteiger partial charge is 0.394 e. The molecule has 3 aromatic rings. The highest BCUT2D eigenvalue weighted by Crippen LogP contribution is 2.30. The number of imidazole rings is 1. The molecule has 5 N–H and O–H groups in total. The number of nitrogens with zero attached hydrogens (tertiary/aromatic N) is 4. The van der Waals surface area contributed by atoms with Crippen LogP contribution < -0.4 is 11.3 Å². The number of carbonyl (C=O) groups excluding carboxylic acids is 1. The van der Waals surface area contributed by atoms with Gasteiger partial charge in [0.25, 0.3) is 5.56 Å². The van der Waals surface area contributed by atoms with Crippen LogP contribution in [0.2, 0.25) is 0 Å². The first-order chi connectivity index (χ1) is 13.9. The zero-order valence-electron chi connectivity index (χ0n) is 15.1. The molecule has 0 spiro atoms. The van der Waals surface area contributed by atoms with Crippen molar-refractivity contribution in [2.24, 2.45) is 0 Å². The first-order valence-electron chi connectivity index (χ1n) is 8.87. The predicted octanol–water partition coefficient (Wildman–Crippen LogP) is -1.33. The second kappa shape index (κ2) is 7.37. The van der Waals surface area contributed by atoms with Gasteiger partial charge in [-0.05, 0) is 5.56 Å². The minimum Gasteiger partial charge on any atom is -0.394 e. The summed E-state index contributed by atoms with van der Waals surface area (Å²) in [4.78, 5) is 33.5. The molecule has 3 heterocycles. The lowest BCUT2D eigenvalue weighted by atomic mass is 10.1. The van der Waals surface area contributed by atoms with Crippen LogP contribution in [-0.4, -0.2) is 65.2 Å². The van der Waals surface area contributed by atoms with Gasteiger partial charge in [-0.15, -0.1) is 0 Å². The Morgan fingerprint density at radius 3 is 2.59 bits per heavy atom. The molecule has 0 bridgehead atoms. The minimum absolute atomic E-state index is 0.00824. The Labute approximate surface area is 163 Å². The van der Waals surface area contributed by atoms with E-state index in [4.69, 9.17) is 10.5 Å². The topological polar surface area (TPSA) is 166 Å². The molecule has 1 aliphatic rings. The number of hydrogen-bond donors (Lipinski definition) is 4. The third kappa shape index (κ3) is 3.19. The van der Waals surface area contributed by atoms with Crippen molar-refractivity contribution < 1.29 is 24.9 Å². The number of anilines is 1. The third-order valence-corrected chi connectivity index (χ3v) is 4.86. The number of hydrogen-bond acceptors (Lipinski definition) is 9. The van der Waals surface area contributed by atoms with Gasteiger partial charge in [0.2, 0.25) is 11.9 Å². The monoisotopic (exact) mass is 401 g/mol. The number of aromatic nitrogens is 4. The Morgan fingerprint density at radius 1 is 1.21 bits per heavy atom. The van der Waals surface area contributed by atoms with E-state index in [9.17, 15) is 24.9 Å². The Bertz CT molecular complexity index is 1110. The number of fused-ring (bicyclic) bond motifs is 1. The third-order valence-electron chi connectivity index (χ3n) is 4.86. The van der Waals surface area contributed by atoms with Crippen LogP contribution in [0.25, 0.3) is 11.2 Å². The Hall–Kier alpha value is -3.12. The summed E-state index contributed by atoms with van der Waals surface area (Å²) in [5, 5.41) is 29.4. The van der Waals surface area contributed by atoms with Gasteiger partial charge >= 0.3 is 0 Å². The fourth-order valence-electron chi connectivity index (χ4n) is 3.37. The van der Waals surface area contributed by atoms with Crippen LogP contribution in [0.15, 0.2) is 41.5 Å². The Kier molecular flexibility index (Phi) is 4.88. The normalized spacial score (nSPS) is 24.2. The molecule has 1 aromatic carbocycles. The standard InChI is InChI=1S/C18H19N5O6/c19-18-21-15-12(16(28)23(18)11(25)6-9-4-2-1-3-5-9)20-8-22(15)17-14(27)13(26)10(7-24)29-17/h1-5,8,10,13-14,17,24,26-27H,6-7H2,(H2,19,21)/t10-,13-,14-,17-/m1/s1. The van der Waals surface area contributed by atoms with Gasteiger partial charge in [-0.25, -0.2) is 9.55 Å². The number of nitrogen functional groups attached to an aromatic ring is 1. The predicted molar refractivity (Wildman–Crippen MR) is 100.0 cm³/mol. The summed E-state index contributed by atoms with van der Waals surface area (Å²) < 4.78 is 7.43. The van der Waals surface area contributed by atoms with Crippen molar-refractivity contribution in [2.75, 3.05) is 12.3 Å². The van der Waals surface area contributed by atoms with Crippen LogP contribution in [0.3, 0.4) is 0 Å². The Morgan fingerprint density at radius 2 is 1.93 bits per heavy atom. The highest BCUT2D eigenvalue weighted by Gasteiger charge is 2.44. The van der Waals surface area contributed by atoms with Crippen LogP contribution in [0, 0.1) is 0 Å². The van der Waals surface area contributed by atoms with Crippen molar-refractivity contribution in [3.8, 4) is 0 Å². The molecule has 1 fully saturated rings. The summed E-state index contributed by atoms with van der Waals surface area (Å²) >= 11 is 0. The first kappa shape index (κ1) is 19.2. The van der Waals surface area contributed by atoms with Crippen LogP contribution >= 0.6 is 0 Å². The second-order valence-electron chi connectivity index (χ2n) is 6.72. The van der Waals surface area contributed by atoms with E-state index in [0.717, 1.165) is 4.57 Å². The molecule has 0 amide bonds. The van der Waals surface area contributed by atoms with Gasteiger partial charge in [0, 0.05) is 0 Å². The number of nitrogens with two attached hydrogens (primary N) is 1. The Balaban J connectivity index is 1.73. The molecular weight excluding hydrogens is 382 g/mol. The van der Waals surface area contributed by atoms with E-state index in [2.05, 4.69) is 9.97 Å². The summed E-state index contributed by atoms with van der Waals surface area (Å²) in [7, 11) is 0. The summed E-state index contributed by atoms with van der Waals surface area (Å²) in [6.07, 6.45) is -3.69. The maximum Gasteiger partial charge on any atom is 0.289 e. The quantitative estimate of drug-likeness (QED) is 0.414. The van der Waals surface area contributed by atoms with Gasteiger partial charge < -0.3 is 25.8 Å². The molecule has 0 aliphatic carbocycles. The van der Waals surface area contributed by atoms with Crippen molar-refractivity contribution >= 4 is 23.0 Å². The molecule has 1 saturated heterocycles. The molecule has 0 unspecified atom stereocenters. The fourth-order valence-corrected chi connectivity index (χ4v) is 3.37. The van der Waals surface area contributed by atoms with Gasteiger partial charge in [0.05, 0.1) is 19.4 Å². The van der Waals surface area contributed by atoms with Crippen LogP contribution in [0.4, 0.5) is 5.95 Å². The van der Waals surface area contributed by atoms with Crippen LogP contribution in [0.1, 0.15) is 16.6 Å². The van der Waals surface area contributed by atoms with Gasteiger partial charge in [0.1, 0.15) is 18.3 Å². The van der Waals surface area contributed by atoms with E-state index < -0.39 is 42.6 Å². The van der Waals surface area contributed by atoms with Gasteiger partial charge in [-0.2, -0.15) is 4.98 Å². The van der Waals surface area contributed by atoms with E-state index in [1.54, 1.807) is 24.3 Å². The molecule has 29 heavy (non-hydrogen) atoms. The summed E-state index contributed by atoms with van der Waals surface area (Å²) in [5.74, 6) is -0.896. The fraction of sp³-hybridized carbons (Fsp3) is 0.333. The zero-order valence-corrected chi connectivity index (χ0v) is 15.1. The van der Waals surface area contributed by atoms with Crippen LogP contribution in [-0.2, 0) is 11.2 Å². The van der Waals surface area contributed by atoms with Crippen molar-refractivity contribution in [2.45, 2.75) is 31.0 Å². The average Bonchev–Trinajstić information content (AvgIpc) is 3.24. The average molecular weight is 401 g/mol. The van der Waals surface area contributed by atoms with Gasteiger partial charge in [0.15, 0.2) is 17.4 Å². The molecular formula is C18H19N5O6. The van der Waals surface area contributed by atoms with E-state index >= 15 is 0 Å². The van der Waals surface area contributed by atoms with Crippen molar-refractivity contribution in [3.63, 3.8) is 0 Å². The van der Waals surface area contributed by atoms with Crippen LogP contribution in [0.5, 0.6) is 0 Å². The molecule has 0 radical (unpaired) electrons. The smallest absolute Gasteiger partial charge is 0.289 e. The van der Waals surface area contributed by atoms with Crippen molar-refractivity contribution in [1.82, 2.24) is 19.1 Å². The minimum atomic E-state index is -1.38. The van der Waals surface area contributed by atoms with Gasteiger partial charge in [-0.3, -0.25) is 14.2 Å². The number of carbonyl (C=O) groups is 1. The highest BCUT2D eigenvalue weighted by atomic mass is 16.6. The van der Waals surface area contributed by atoms with E-state index in [-0.39, 0.29) is 23.5 Å². The zero-order chi connectivity index (χ0) is 20.7. The first-order valence-corrected chi connectivity index (χ1v) is 8.87. The number of ether oxygens (including phenoxy) is 1. The summed E-state index contributed by atoms with van der Waals surface area (Å²) in [6, 6.07) is 8.87. The molecule has 11 nitrogen and oxygen atoms in total. The SMILES string of the molecule is Nc1nc2c(ncn2[C@@H]2O[C@H](CO)[C@@H](O)[C@H]2O)c(=O)n1C(=O)Cc1ccccc1. The number of aliphatic hydroxyl groups is 3.